The summed E-state index contributed by atoms with van der Waals surface area (Å²) in [6.45, 7) is 5.74. The van der Waals surface area contributed by atoms with Gasteiger partial charge >= 0.3 is 0 Å². The van der Waals surface area contributed by atoms with Crippen LogP contribution in [0.25, 0.3) is 21.5 Å². The van der Waals surface area contributed by atoms with E-state index in [1.807, 2.05) is 25.1 Å². The Morgan fingerprint density at radius 1 is 1.00 bits per heavy atom. The summed E-state index contributed by atoms with van der Waals surface area (Å²) in [7, 11) is 2.12. The van der Waals surface area contributed by atoms with Gasteiger partial charge in [-0.2, -0.15) is 0 Å². The van der Waals surface area contributed by atoms with Crippen LogP contribution in [0.1, 0.15) is 21.1 Å². The van der Waals surface area contributed by atoms with Crippen molar-refractivity contribution in [1.29, 1.82) is 0 Å². The number of aromatic nitrogens is 5. The highest BCUT2D eigenvalue weighted by Gasteiger charge is 2.17. The number of fused-ring (bicyclic) bond motifs is 1. The lowest BCUT2D eigenvalue weighted by molar-refractivity contribution is 0.0992. The average Bonchev–Trinajstić information content (AvgIpc) is 3.25. The molecule has 0 saturated carbocycles. The molecule has 0 aromatic carbocycles. The Morgan fingerprint density at radius 3 is 2.59 bits per heavy atom. The number of rotatable bonds is 5. The number of ketones is 1. The number of nitrogens with zero attached hydrogens (tertiary/aromatic N) is 7. The van der Waals surface area contributed by atoms with Gasteiger partial charge in [0, 0.05) is 61.4 Å². The van der Waals surface area contributed by atoms with Gasteiger partial charge in [0.1, 0.15) is 16.5 Å². The minimum absolute atomic E-state index is 0.0312. The monoisotopic (exact) mass is 445 g/mol. The van der Waals surface area contributed by atoms with Crippen LogP contribution in [0.15, 0.2) is 42.9 Å². The molecule has 8 nitrogen and oxygen atoms in total. The molecule has 0 bridgehead atoms. The molecule has 5 heterocycles. The molecule has 162 valence electrons. The topological polar surface area (TPSA) is 88.0 Å². The molecule has 5 rings (SSSR count). The molecule has 1 aliphatic heterocycles. The highest BCUT2D eigenvalue weighted by molar-refractivity contribution is 7.14. The lowest BCUT2D eigenvalue weighted by Crippen LogP contribution is -2.44. The number of hydrogen-bond donors (Lipinski definition) is 0. The van der Waals surface area contributed by atoms with Gasteiger partial charge < -0.3 is 9.80 Å². The molecule has 1 fully saturated rings. The Hall–Kier alpha value is -3.30. The molecule has 4 aromatic rings. The van der Waals surface area contributed by atoms with Crippen molar-refractivity contribution in [3.05, 3.63) is 59.1 Å². The van der Waals surface area contributed by atoms with Crippen molar-refractivity contribution in [3.63, 3.8) is 0 Å². The fourth-order valence-corrected chi connectivity index (χ4v) is 4.42. The number of aryl methyl sites for hydroxylation is 1. The fourth-order valence-electron chi connectivity index (χ4n) is 3.76. The number of piperazine rings is 1. The molecule has 0 aliphatic carbocycles. The van der Waals surface area contributed by atoms with Gasteiger partial charge in [-0.05, 0) is 43.6 Å². The minimum atomic E-state index is 0.0312. The number of Topliss-reactive ketones (excluding diaryl/α,β-unsaturated/α-hetero) is 1. The first-order chi connectivity index (χ1) is 15.5. The predicted molar refractivity (Wildman–Crippen MR) is 125 cm³/mol. The summed E-state index contributed by atoms with van der Waals surface area (Å²) in [5, 5.41) is 11.8. The van der Waals surface area contributed by atoms with E-state index < -0.39 is 0 Å². The van der Waals surface area contributed by atoms with Crippen LogP contribution >= 0.6 is 11.3 Å². The van der Waals surface area contributed by atoms with Crippen molar-refractivity contribution in [1.82, 2.24) is 30.0 Å². The van der Waals surface area contributed by atoms with E-state index in [2.05, 4.69) is 42.0 Å². The van der Waals surface area contributed by atoms with E-state index in [0.29, 0.717) is 5.56 Å². The van der Waals surface area contributed by atoms with Crippen molar-refractivity contribution < 1.29 is 4.79 Å². The zero-order chi connectivity index (χ0) is 22.1. The molecule has 32 heavy (non-hydrogen) atoms. The summed E-state index contributed by atoms with van der Waals surface area (Å²) >= 11 is 1.51. The highest BCUT2D eigenvalue weighted by Crippen LogP contribution is 2.25. The van der Waals surface area contributed by atoms with Crippen LogP contribution < -0.4 is 4.90 Å². The van der Waals surface area contributed by atoms with E-state index in [9.17, 15) is 4.79 Å². The molecule has 9 heteroatoms. The van der Waals surface area contributed by atoms with Crippen LogP contribution in [0.3, 0.4) is 0 Å². The summed E-state index contributed by atoms with van der Waals surface area (Å²) in [6.07, 6.45) is 5.50. The van der Waals surface area contributed by atoms with Crippen molar-refractivity contribution in [3.8, 4) is 10.7 Å². The number of pyridine rings is 3. The van der Waals surface area contributed by atoms with Crippen LogP contribution in [0.2, 0.25) is 0 Å². The van der Waals surface area contributed by atoms with Crippen molar-refractivity contribution in [2.24, 2.45) is 0 Å². The third-order valence-electron chi connectivity index (χ3n) is 5.64. The Kier molecular flexibility index (Phi) is 5.59. The van der Waals surface area contributed by atoms with Gasteiger partial charge in [-0.25, -0.2) is 4.98 Å². The van der Waals surface area contributed by atoms with Crippen LogP contribution in [-0.2, 0) is 6.42 Å². The third kappa shape index (κ3) is 4.35. The van der Waals surface area contributed by atoms with E-state index in [-0.39, 0.29) is 12.2 Å². The van der Waals surface area contributed by atoms with E-state index >= 15 is 0 Å². The summed E-state index contributed by atoms with van der Waals surface area (Å²) in [5.41, 5.74) is 2.17. The lowest BCUT2D eigenvalue weighted by atomic mass is 10.1. The van der Waals surface area contributed by atoms with Gasteiger partial charge in [0.25, 0.3) is 0 Å². The van der Waals surface area contributed by atoms with Gasteiger partial charge in [0.2, 0.25) is 0 Å². The molecule has 0 unspecified atom stereocenters. The van der Waals surface area contributed by atoms with Crippen molar-refractivity contribution in [2.45, 2.75) is 13.3 Å². The van der Waals surface area contributed by atoms with Crippen LogP contribution in [0.4, 0.5) is 5.82 Å². The van der Waals surface area contributed by atoms with Crippen molar-refractivity contribution >= 4 is 33.7 Å². The molecule has 1 aliphatic rings. The third-order valence-corrected chi connectivity index (χ3v) is 6.50. The second kappa shape index (κ2) is 8.68. The number of hydrogen-bond acceptors (Lipinski definition) is 9. The molecule has 0 radical (unpaired) electrons. The Labute approximate surface area is 190 Å². The summed E-state index contributed by atoms with van der Waals surface area (Å²) in [4.78, 5) is 31.0. The molecule has 0 spiro atoms. The molecule has 0 N–H and O–H groups in total. The predicted octanol–water partition coefficient (Wildman–Crippen LogP) is 3.03. The number of carbonyl (C=O) groups excluding carboxylic acids is 1. The van der Waals surface area contributed by atoms with Crippen LogP contribution in [0.5, 0.6) is 0 Å². The van der Waals surface area contributed by atoms with Gasteiger partial charge in [-0.15, -0.1) is 10.2 Å². The Morgan fingerprint density at radius 2 is 1.81 bits per heavy atom. The Balaban J connectivity index is 1.36. The SMILES string of the molecule is Cc1nnc(-c2cc3cc(CC(=O)c4ccnc(N5CCN(C)CC5)c4)ncc3cn2)s1. The number of carbonyl (C=O) groups is 1. The fraction of sp³-hybridized carbons (Fsp3) is 0.304. The summed E-state index contributed by atoms with van der Waals surface area (Å²) < 4.78 is 0. The Bertz CT molecular complexity index is 1280. The highest BCUT2D eigenvalue weighted by atomic mass is 32.1. The van der Waals surface area contributed by atoms with E-state index in [1.165, 1.54) is 11.3 Å². The smallest absolute Gasteiger partial charge is 0.169 e. The van der Waals surface area contributed by atoms with E-state index in [0.717, 1.165) is 64.2 Å². The first-order valence-electron chi connectivity index (χ1n) is 10.5. The van der Waals surface area contributed by atoms with Gasteiger partial charge in [0.15, 0.2) is 10.8 Å². The van der Waals surface area contributed by atoms with E-state index in [1.54, 1.807) is 24.7 Å². The quantitative estimate of drug-likeness (QED) is 0.433. The number of anilines is 1. The lowest BCUT2D eigenvalue weighted by Gasteiger charge is -2.33. The van der Waals surface area contributed by atoms with Crippen LogP contribution in [0, 0.1) is 6.92 Å². The molecular formula is C23H23N7OS. The molecule has 0 atom stereocenters. The van der Waals surface area contributed by atoms with Crippen LogP contribution in [-0.4, -0.2) is 69.1 Å². The standard InChI is InChI=1S/C23H23N7OS/c1-15-27-28-23(32-15)20-10-17-9-19(25-13-18(17)14-26-20)12-21(31)16-3-4-24-22(11-16)30-7-5-29(2)6-8-30/h3-4,9-11,13-14H,5-8,12H2,1-2H3. The maximum atomic E-state index is 13.0. The van der Waals surface area contributed by atoms with Crippen molar-refractivity contribution in [2.75, 3.05) is 38.1 Å². The first-order valence-corrected chi connectivity index (χ1v) is 11.3. The average molecular weight is 446 g/mol. The van der Waals surface area contributed by atoms with E-state index in [4.69, 9.17) is 0 Å². The normalized spacial score (nSPS) is 14.8. The maximum absolute atomic E-state index is 13.0. The van der Waals surface area contributed by atoms with Gasteiger partial charge in [-0.1, -0.05) is 11.3 Å². The first kappa shape index (κ1) is 20.6. The summed E-state index contributed by atoms with van der Waals surface area (Å²) in [5.74, 6) is 0.891. The molecule has 0 amide bonds. The largest absolute Gasteiger partial charge is 0.354 e. The zero-order valence-corrected chi connectivity index (χ0v) is 18.8. The van der Waals surface area contributed by atoms with Gasteiger partial charge in [0.05, 0.1) is 6.42 Å². The zero-order valence-electron chi connectivity index (χ0n) is 18.0. The second-order valence-electron chi connectivity index (χ2n) is 8.01. The summed E-state index contributed by atoms with van der Waals surface area (Å²) in [6, 6.07) is 7.61. The molecular weight excluding hydrogens is 422 g/mol. The molecule has 1 saturated heterocycles. The molecule has 4 aromatic heterocycles. The number of likely N-dealkylation sites (N-methyl/N-ethyl adjacent to an activating group) is 1. The minimum Gasteiger partial charge on any atom is -0.354 e. The van der Waals surface area contributed by atoms with Gasteiger partial charge in [-0.3, -0.25) is 14.8 Å². The maximum Gasteiger partial charge on any atom is 0.169 e. The second-order valence-corrected chi connectivity index (χ2v) is 9.19.